The predicted molar refractivity (Wildman–Crippen MR) is 90.3 cm³/mol. The Morgan fingerprint density at radius 2 is 1.71 bits per heavy atom. The summed E-state index contributed by atoms with van der Waals surface area (Å²) in [4.78, 5) is 21.7. The van der Waals surface area contributed by atoms with Crippen LogP contribution in [0.25, 0.3) is 10.8 Å². The molecule has 3 N–H and O–H groups in total. The first kappa shape index (κ1) is 18.4. The number of halogens is 1. The van der Waals surface area contributed by atoms with Gasteiger partial charge < -0.3 is 10.2 Å². The standard InChI is InChI=1S/C15H14BrNO6S/c16-11-5-7-13(10-4-2-1-3-9(10)11)24(22,23)17-12(15(20)21)6-8-14(18)19/h1-5,7,12,17H,6,8H2,(H,18,19)(H,20,21). The predicted octanol–water partition coefficient (Wildman–Crippen LogP) is 2.20. The van der Waals surface area contributed by atoms with Crippen LogP contribution >= 0.6 is 15.9 Å². The molecule has 0 aliphatic rings. The van der Waals surface area contributed by atoms with Crippen LogP contribution < -0.4 is 4.72 Å². The van der Waals surface area contributed by atoms with Gasteiger partial charge in [0.05, 0.1) is 4.90 Å². The van der Waals surface area contributed by atoms with Crippen molar-refractivity contribution in [1.29, 1.82) is 0 Å². The van der Waals surface area contributed by atoms with Crippen molar-refractivity contribution in [1.82, 2.24) is 4.72 Å². The number of carboxylic acid groups (broad SMARTS) is 2. The minimum absolute atomic E-state index is 0.0668. The molecule has 2 aromatic carbocycles. The summed E-state index contributed by atoms with van der Waals surface area (Å²) in [5, 5.41) is 18.9. The largest absolute Gasteiger partial charge is 0.481 e. The van der Waals surface area contributed by atoms with E-state index in [0.717, 1.165) is 0 Å². The Morgan fingerprint density at radius 1 is 1.08 bits per heavy atom. The zero-order valence-electron chi connectivity index (χ0n) is 12.3. The van der Waals surface area contributed by atoms with Gasteiger partial charge >= 0.3 is 11.9 Å². The Hall–Kier alpha value is -1.97. The number of fused-ring (bicyclic) bond motifs is 1. The summed E-state index contributed by atoms with van der Waals surface area (Å²) in [7, 11) is -4.14. The Morgan fingerprint density at radius 3 is 2.29 bits per heavy atom. The molecule has 0 aliphatic heterocycles. The molecule has 0 heterocycles. The molecule has 0 saturated heterocycles. The summed E-state index contributed by atoms with van der Waals surface area (Å²) in [5.74, 6) is -2.63. The maximum atomic E-state index is 12.6. The maximum absolute atomic E-state index is 12.6. The Kier molecular flexibility index (Phi) is 5.58. The van der Waals surface area contributed by atoms with Crippen molar-refractivity contribution in [2.75, 3.05) is 0 Å². The van der Waals surface area contributed by atoms with Crippen molar-refractivity contribution in [3.05, 3.63) is 40.9 Å². The summed E-state index contributed by atoms with van der Waals surface area (Å²) in [6.45, 7) is 0. The second-order valence-electron chi connectivity index (χ2n) is 5.04. The van der Waals surface area contributed by atoms with Crippen LogP contribution in [0.2, 0.25) is 0 Å². The third-order valence-electron chi connectivity index (χ3n) is 3.36. The van der Waals surface area contributed by atoms with Gasteiger partial charge in [0.1, 0.15) is 6.04 Å². The van der Waals surface area contributed by atoms with Gasteiger partial charge in [0.25, 0.3) is 0 Å². The zero-order chi connectivity index (χ0) is 17.9. The summed E-state index contributed by atoms with van der Waals surface area (Å²) in [6.07, 6.45) is -0.807. The van der Waals surface area contributed by atoms with Crippen LogP contribution in [0.3, 0.4) is 0 Å². The van der Waals surface area contributed by atoms with Gasteiger partial charge in [-0.1, -0.05) is 40.2 Å². The molecule has 0 aromatic heterocycles. The molecule has 0 aliphatic carbocycles. The van der Waals surface area contributed by atoms with E-state index in [0.29, 0.717) is 15.2 Å². The van der Waals surface area contributed by atoms with Crippen molar-refractivity contribution in [3.63, 3.8) is 0 Å². The average molecular weight is 416 g/mol. The molecule has 2 aromatic rings. The number of hydrogen-bond acceptors (Lipinski definition) is 4. The topological polar surface area (TPSA) is 121 Å². The third-order valence-corrected chi connectivity index (χ3v) is 5.58. The molecule has 0 saturated carbocycles. The first-order valence-corrected chi connectivity index (χ1v) is 9.14. The molecule has 0 spiro atoms. The van der Waals surface area contributed by atoms with Gasteiger partial charge in [-0.2, -0.15) is 4.72 Å². The highest BCUT2D eigenvalue weighted by molar-refractivity contribution is 9.10. The maximum Gasteiger partial charge on any atom is 0.321 e. The number of benzene rings is 2. The smallest absolute Gasteiger partial charge is 0.321 e. The van der Waals surface area contributed by atoms with Gasteiger partial charge in [-0.25, -0.2) is 8.42 Å². The number of carbonyl (C=O) groups is 2. The molecule has 0 fully saturated rings. The van der Waals surface area contributed by atoms with Crippen LogP contribution in [0.5, 0.6) is 0 Å². The van der Waals surface area contributed by atoms with Crippen molar-refractivity contribution in [3.8, 4) is 0 Å². The quantitative estimate of drug-likeness (QED) is 0.637. The van der Waals surface area contributed by atoms with E-state index in [-0.39, 0.29) is 11.3 Å². The van der Waals surface area contributed by atoms with Crippen LogP contribution in [0.1, 0.15) is 12.8 Å². The first-order chi connectivity index (χ1) is 11.2. The van der Waals surface area contributed by atoms with Crippen molar-refractivity contribution >= 4 is 48.7 Å². The zero-order valence-corrected chi connectivity index (χ0v) is 14.7. The number of sulfonamides is 1. The summed E-state index contributed by atoms with van der Waals surface area (Å²) in [6, 6.07) is 8.18. The van der Waals surface area contributed by atoms with Gasteiger partial charge in [-0.05, 0) is 23.9 Å². The molecule has 0 radical (unpaired) electrons. The molecule has 7 nitrogen and oxygen atoms in total. The highest BCUT2D eigenvalue weighted by atomic mass is 79.9. The third kappa shape index (κ3) is 4.11. The van der Waals surface area contributed by atoms with E-state index in [4.69, 9.17) is 10.2 Å². The number of nitrogens with one attached hydrogen (secondary N) is 1. The monoisotopic (exact) mass is 415 g/mol. The number of aliphatic carboxylic acids is 2. The minimum Gasteiger partial charge on any atom is -0.481 e. The van der Waals surface area contributed by atoms with Crippen LogP contribution in [0.4, 0.5) is 0 Å². The first-order valence-electron chi connectivity index (χ1n) is 6.86. The SMILES string of the molecule is O=C(O)CCC(NS(=O)(=O)c1ccc(Br)c2ccccc12)C(=O)O. The molecule has 1 unspecified atom stereocenters. The fourth-order valence-electron chi connectivity index (χ4n) is 2.22. The second-order valence-corrected chi connectivity index (χ2v) is 7.57. The molecular formula is C15H14BrNO6S. The van der Waals surface area contributed by atoms with Crippen LogP contribution in [0.15, 0.2) is 45.8 Å². The lowest BCUT2D eigenvalue weighted by Crippen LogP contribution is -2.41. The second kappa shape index (κ2) is 7.29. The molecule has 24 heavy (non-hydrogen) atoms. The molecule has 2 rings (SSSR count). The normalized spacial score (nSPS) is 12.9. The molecular weight excluding hydrogens is 402 g/mol. The number of carboxylic acids is 2. The van der Waals surface area contributed by atoms with Crippen LogP contribution in [-0.4, -0.2) is 36.6 Å². The van der Waals surface area contributed by atoms with Gasteiger partial charge in [-0.15, -0.1) is 0 Å². The highest BCUT2D eigenvalue weighted by Crippen LogP contribution is 2.29. The Labute approximate surface area is 146 Å². The van der Waals surface area contributed by atoms with Gasteiger partial charge in [0, 0.05) is 16.3 Å². The molecule has 128 valence electrons. The van der Waals surface area contributed by atoms with Gasteiger partial charge in [-0.3, -0.25) is 9.59 Å². The Balaban J connectivity index is 2.41. The lowest BCUT2D eigenvalue weighted by molar-refractivity contribution is -0.140. The van der Waals surface area contributed by atoms with Crippen molar-refractivity contribution < 1.29 is 28.2 Å². The summed E-state index contributed by atoms with van der Waals surface area (Å²) >= 11 is 3.34. The summed E-state index contributed by atoms with van der Waals surface area (Å²) in [5.41, 5.74) is 0. The van der Waals surface area contributed by atoms with E-state index in [1.807, 2.05) is 0 Å². The summed E-state index contributed by atoms with van der Waals surface area (Å²) < 4.78 is 27.9. The number of hydrogen-bond donors (Lipinski definition) is 3. The molecule has 0 amide bonds. The van der Waals surface area contributed by atoms with E-state index in [1.165, 1.54) is 6.07 Å². The van der Waals surface area contributed by atoms with Crippen LogP contribution in [-0.2, 0) is 19.6 Å². The molecule has 0 bridgehead atoms. The van der Waals surface area contributed by atoms with Crippen molar-refractivity contribution in [2.45, 2.75) is 23.8 Å². The lowest BCUT2D eigenvalue weighted by atomic mass is 10.1. The molecule has 1 atom stereocenters. The molecule has 9 heteroatoms. The van der Waals surface area contributed by atoms with Gasteiger partial charge in [0.15, 0.2) is 0 Å². The highest BCUT2D eigenvalue weighted by Gasteiger charge is 2.27. The fraction of sp³-hybridized carbons (Fsp3) is 0.200. The minimum atomic E-state index is -4.14. The fourth-order valence-corrected chi connectivity index (χ4v) is 4.13. The number of rotatable bonds is 7. The van der Waals surface area contributed by atoms with E-state index in [9.17, 15) is 18.0 Å². The van der Waals surface area contributed by atoms with E-state index in [1.54, 1.807) is 30.3 Å². The average Bonchev–Trinajstić information content (AvgIpc) is 2.51. The van der Waals surface area contributed by atoms with E-state index >= 15 is 0 Å². The van der Waals surface area contributed by atoms with E-state index in [2.05, 4.69) is 20.7 Å². The lowest BCUT2D eigenvalue weighted by Gasteiger charge is -2.15. The van der Waals surface area contributed by atoms with E-state index < -0.39 is 34.4 Å². The Bertz CT molecular complexity index is 896. The van der Waals surface area contributed by atoms with Gasteiger partial charge in [0.2, 0.25) is 10.0 Å². The van der Waals surface area contributed by atoms with Crippen LogP contribution in [0, 0.1) is 0 Å². The van der Waals surface area contributed by atoms with Crippen molar-refractivity contribution in [2.24, 2.45) is 0 Å².